The van der Waals surface area contributed by atoms with E-state index in [1.165, 1.54) is 31.3 Å². The lowest BCUT2D eigenvalue weighted by molar-refractivity contribution is 0.0690. The van der Waals surface area contributed by atoms with Gasteiger partial charge >= 0.3 is 5.97 Å². The molecule has 0 spiro atoms. The number of carbonyl (C=O) groups excluding carboxylic acids is 1. The Labute approximate surface area is 144 Å². The minimum Gasteiger partial charge on any atom is -0.476 e. The number of rotatable bonds is 2. The van der Waals surface area contributed by atoms with Crippen LogP contribution in [0.3, 0.4) is 0 Å². The van der Waals surface area contributed by atoms with Crippen LogP contribution in [0.25, 0.3) is 22.2 Å². The zero-order valence-electron chi connectivity index (χ0n) is 12.7. The van der Waals surface area contributed by atoms with Gasteiger partial charge in [-0.25, -0.2) is 18.6 Å². The van der Waals surface area contributed by atoms with Crippen molar-refractivity contribution in [2.24, 2.45) is 0 Å². The minimum atomic E-state index is -1.54. The molecule has 0 fully saturated rings. The molecular weight excluding hydrogens is 356 g/mol. The molecule has 0 saturated carbocycles. The number of nitrogen functional groups attached to an aromatic ring is 1. The Hall–Kier alpha value is -3.00. The minimum absolute atomic E-state index is 0.0726. The quantitative estimate of drug-likeness (QED) is 0.723. The number of aromatic nitrogens is 2. The van der Waals surface area contributed by atoms with Crippen LogP contribution in [-0.2, 0) is 0 Å². The maximum absolute atomic E-state index is 15.0. The van der Waals surface area contributed by atoms with Crippen molar-refractivity contribution in [2.75, 3.05) is 5.73 Å². The lowest BCUT2D eigenvalue weighted by Crippen LogP contribution is -2.09. The van der Waals surface area contributed by atoms with E-state index in [1.807, 2.05) is 0 Å². The summed E-state index contributed by atoms with van der Waals surface area (Å²) in [5, 5.41) is 8.96. The SMILES string of the molecule is CC(=O)n1ccc2ccc(-c3nc(C(=O)O)c(Cl)c(N)c3F)c(F)c21. The van der Waals surface area contributed by atoms with Gasteiger partial charge in [0.25, 0.3) is 0 Å². The first-order chi connectivity index (χ1) is 11.7. The standard InChI is InChI=1S/C16H10ClF2N3O3/c1-6(23)22-5-4-7-2-3-8(10(18)15(7)22)13-11(19)12(20)9(17)14(21-13)16(24)25/h2-5H,1H3,(H2,20,21)(H,24,25). The molecule has 0 atom stereocenters. The van der Waals surface area contributed by atoms with E-state index in [1.54, 1.807) is 0 Å². The monoisotopic (exact) mass is 365 g/mol. The van der Waals surface area contributed by atoms with Crippen molar-refractivity contribution in [3.63, 3.8) is 0 Å². The van der Waals surface area contributed by atoms with E-state index in [-0.39, 0.29) is 11.1 Å². The highest BCUT2D eigenvalue weighted by molar-refractivity contribution is 6.35. The molecule has 0 unspecified atom stereocenters. The molecule has 0 amide bonds. The largest absolute Gasteiger partial charge is 0.476 e. The first kappa shape index (κ1) is 16.8. The molecule has 0 bridgehead atoms. The van der Waals surface area contributed by atoms with Crippen LogP contribution in [0.1, 0.15) is 22.2 Å². The normalized spacial score (nSPS) is 11.0. The van der Waals surface area contributed by atoms with Gasteiger partial charge < -0.3 is 10.8 Å². The Bertz CT molecular complexity index is 1060. The number of nitrogens with zero attached hydrogens (tertiary/aromatic N) is 2. The zero-order chi connectivity index (χ0) is 18.5. The second-order valence-electron chi connectivity index (χ2n) is 5.23. The lowest BCUT2D eigenvalue weighted by Gasteiger charge is -2.11. The van der Waals surface area contributed by atoms with E-state index in [2.05, 4.69) is 4.98 Å². The van der Waals surface area contributed by atoms with E-state index in [0.717, 1.165) is 4.57 Å². The van der Waals surface area contributed by atoms with Gasteiger partial charge in [-0.15, -0.1) is 0 Å². The van der Waals surface area contributed by atoms with Gasteiger partial charge in [-0.05, 0) is 12.1 Å². The lowest BCUT2D eigenvalue weighted by atomic mass is 10.1. The number of nitrogens with two attached hydrogens (primary N) is 1. The van der Waals surface area contributed by atoms with Crippen LogP contribution in [0.5, 0.6) is 0 Å². The maximum Gasteiger partial charge on any atom is 0.356 e. The van der Waals surface area contributed by atoms with Crippen molar-refractivity contribution < 1.29 is 23.5 Å². The average molecular weight is 366 g/mol. The Balaban J connectivity index is 2.37. The summed E-state index contributed by atoms with van der Waals surface area (Å²) in [5.41, 5.74) is 3.13. The van der Waals surface area contributed by atoms with Gasteiger partial charge in [-0.2, -0.15) is 0 Å². The molecule has 3 rings (SSSR count). The number of pyridine rings is 1. The van der Waals surface area contributed by atoms with Gasteiger partial charge in [0.15, 0.2) is 17.3 Å². The highest BCUT2D eigenvalue weighted by Gasteiger charge is 2.25. The molecule has 3 N–H and O–H groups in total. The van der Waals surface area contributed by atoms with E-state index >= 15 is 0 Å². The summed E-state index contributed by atoms with van der Waals surface area (Å²) < 4.78 is 30.5. The number of hydrogen-bond acceptors (Lipinski definition) is 4. The Kier molecular flexibility index (Phi) is 3.92. The zero-order valence-corrected chi connectivity index (χ0v) is 13.4. The molecule has 2 aromatic heterocycles. The second kappa shape index (κ2) is 5.82. The summed E-state index contributed by atoms with van der Waals surface area (Å²) in [6.45, 7) is 1.24. The smallest absolute Gasteiger partial charge is 0.356 e. The fourth-order valence-electron chi connectivity index (χ4n) is 2.52. The molecule has 0 aliphatic rings. The third kappa shape index (κ3) is 2.51. The summed E-state index contributed by atoms with van der Waals surface area (Å²) in [4.78, 5) is 26.4. The number of carbonyl (C=O) groups is 2. The van der Waals surface area contributed by atoms with E-state index < -0.39 is 45.6 Å². The van der Waals surface area contributed by atoms with Crippen LogP contribution in [0.15, 0.2) is 24.4 Å². The highest BCUT2D eigenvalue weighted by Crippen LogP contribution is 2.35. The molecule has 25 heavy (non-hydrogen) atoms. The van der Waals surface area contributed by atoms with Crippen molar-refractivity contribution in [3.8, 4) is 11.3 Å². The fraction of sp³-hybridized carbons (Fsp3) is 0.0625. The Morgan fingerprint density at radius 3 is 2.52 bits per heavy atom. The van der Waals surface area contributed by atoms with E-state index in [9.17, 15) is 18.4 Å². The van der Waals surface area contributed by atoms with Crippen molar-refractivity contribution in [1.29, 1.82) is 0 Å². The van der Waals surface area contributed by atoms with Crippen LogP contribution in [-0.4, -0.2) is 26.5 Å². The molecule has 0 radical (unpaired) electrons. The predicted molar refractivity (Wildman–Crippen MR) is 87.8 cm³/mol. The molecular formula is C16H10ClF2N3O3. The Morgan fingerprint density at radius 1 is 1.24 bits per heavy atom. The van der Waals surface area contributed by atoms with Crippen molar-refractivity contribution in [3.05, 3.63) is 46.7 Å². The molecule has 6 nitrogen and oxygen atoms in total. The van der Waals surface area contributed by atoms with Gasteiger partial charge in [0.05, 0.1) is 16.2 Å². The number of hydrogen-bond donors (Lipinski definition) is 2. The molecule has 0 aliphatic heterocycles. The molecule has 0 aliphatic carbocycles. The number of carboxylic acids is 1. The topological polar surface area (TPSA) is 98.2 Å². The molecule has 0 saturated heterocycles. The van der Waals surface area contributed by atoms with Gasteiger partial charge in [0.2, 0.25) is 5.91 Å². The molecule has 1 aromatic carbocycles. The van der Waals surface area contributed by atoms with Crippen molar-refractivity contribution >= 4 is 40.1 Å². The molecule has 2 heterocycles. The van der Waals surface area contributed by atoms with Crippen LogP contribution < -0.4 is 5.73 Å². The first-order valence-corrected chi connectivity index (χ1v) is 7.30. The van der Waals surface area contributed by atoms with Crippen LogP contribution in [0.2, 0.25) is 5.02 Å². The average Bonchev–Trinajstić information content (AvgIpc) is 2.99. The second-order valence-corrected chi connectivity index (χ2v) is 5.60. The van der Waals surface area contributed by atoms with E-state index in [0.29, 0.717) is 5.39 Å². The molecule has 3 aromatic rings. The Morgan fingerprint density at radius 2 is 1.92 bits per heavy atom. The van der Waals surface area contributed by atoms with Crippen molar-refractivity contribution in [2.45, 2.75) is 6.92 Å². The molecule has 128 valence electrons. The first-order valence-electron chi connectivity index (χ1n) is 6.92. The molecule has 9 heteroatoms. The summed E-state index contributed by atoms with van der Waals surface area (Å²) >= 11 is 5.69. The summed E-state index contributed by atoms with van der Waals surface area (Å²) in [7, 11) is 0. The number of carboxylic acid groups (broad SMARTS) is 1. The summed E-state index contributed by atoms with van der Waals surface area (Å²) in [6.07, 6.45) is 1.38. The highest BCUT2D eigenvalue weighted by atomic mass is 35.5. The number of benzene rings is 1. The number of halogens is 3. The van der Waals surface area contributed by atoms with Crippen LogP contribution in [0, 0.1) is 11.6 Å². The number of fused-ring (bicyclic) bond motifs is 1. The number of anilines is 1. The van der Waals surface area contributed by atoms with Crippen molar-refractivity contribution in [1.82, 2.24) is 9.55 Å². The summed E-state index contributed by atoms with van der Waals surface area (Å²) in [5.74, 6) is -4.05. The van der Waals surface area contributed by atoms with E-state index in [4.69, 9.17) is 22.4 Å². The fourth-order valence-corrected chi connectivity index (χ4v) is 2.72. The predicted octanol–water partition coefficient (Wildman–Crippen LogP) is 3.58. The number of aromatic carboxylic acids is 1. The van der Waals surface area contributed by atoms with Crippen LogP contribution in [0.4, 0.5) is 14.5 Å². The third-order valence-electron chi connectivity index (χ3n) is 3.70. The van der Waals surface area contributed by atoms with Gasteiger partial charge in [-0.3, -0.25) is 9.36 Å². The third-order valence-corrected chi connectivity index (χ3v) is 4.08. The van der Waals surface area contributed by atoms with Gasteiger partial charge in [0, 0.05) is 24.1 Å². The summed E-state index contributed by atoms with van der Waals surface area (Å²) in [6, 6.07) is 4.21. The van der Waals surface area contributed by atoms with Crippen LogP contribution >= 0.6 is 11.6 Å². The van der Waals surface area contributed by atoms with Gasteiger partial charge in [0.1, 0.15) is 5.69 Å². The maximum atomic E-state index is 15.0. The van der Waals surface area contributed by atoms with Gasteiger partial charge in [-0.1, -0.05) is 17.7 Å².